The van der Waals surface area contributed by atoms with Crippen LogP contribution in [0.25, 0.3) is 83.9 Å². The molecule has 0 radical (unpaired) electrons. The lowest BCUT2D eigenvalue weighted by atomic mass is 9.97. The molecule has 0 aliphatic carbocycles. The molecule has 0 saturated carbocycles. The zero-order valence-electron chi connectivity index (χ0n) is 83.8. The van der Waals surface area contributed by atoms with Gasteiger partial charge >= 0.3 is 17.1 Å². The highest BCUT2D eigenvalue weighted by atomic mass is 35.5. The number of amides is 3. The van der Waals surface area contributed by atoms with Crippen LogP contribution in [-0.4, -0.2) is 218 Å². The Balaban J connectivity index is 0.000000161. The van der Waals surface area contributed by atoms with Crippen molar-refractivity contribution in [1.82, 2.24) is 88.0 Å². The van der Waals surface area contributed by atoms with Crippen LogP contribution in [0.4, 0.5) is 30.6 Å². The van der Waals surface area contributed by atoms with Gasteiger partial charge in [0.15, 0.2) is 16.9 Å². The van der Waals surface area contributed by atoms with Crippen LogP contribution in [0.3, 0.4) is 0 Å². The van der Waals surface area contributed by atoms with Crippen LogP contribution < -0.4 is 31.8 Å². The molecular formula is C107H123Cl3F3N21O7S. The third-order valence-electron chi connectivity index (χ3n) is 27.2. The Labute approximate surface area is 843 Å². The van der Waals surface area contributed by atoms with Crippen LogP contribution >= 0.6 is 34.8 Å². The number of pyridine rings is 3. The summed E-state index contributed by atoms with van der Waals surface area (Å²) in [5.41, 5.74) is 6.46. The largest absolute Gasteiger partial charge is 0.355 e. The zero-order valence-corrected chi connectivity index (χ0v) is 86.8. The Morgan fingerprint density at radius 1 is 0.401 bits per heavy atom. The summed E-state index contributed by atoms with van der Waals surface area (Å²) in [6.45, 7) is 52.7. The maximum Gasteiger partial charge on any atom is 0.355 e. The lowest BCUT2D eigenvalue weighted by Crippen LogP contribution is -2.58. The van der Waals surface area contributed by atoms with Crippen LogP contribution in [0, 0.1) is 24.4 Å². The monoisotopic (exact) mass is 2010 g/mol. The first-order valence-corrected chi connectivity index (χ1v) is 51.3. The zero-order chi connectivity index (χ0) is 102. The van der Waals surface area contributed by atoms with Gasteiger partial charge in [-0.05, 0) is 220 Å². The normalized spacial score (nSPS) is 18.4. The van der Waals surface area contributed by atoms with Crippen molar-refractivity contribution in [2.45, 2.75) is 227 Å². The van der Waals surface area contributed by atoms with Gasteiger partial charge in [0.2, 0.25) is 17.7 Å². The molecule has 5 aliphatic rings. The molecule has 5 saturated heterocycles. The molecule has 28 nitrogen and oxygen atoms in total. The highest BCUT2D eigenvalue weighted by Crippen LogP contribution is 2.44. The molecule has 5 aliphatic heterocycles. The number of hydrogen-bond donors (Lipinski definition) is 0. The quantitative estimate of drug-likeness (QED) is 0.0570. The number of hydrogen-bond acceptors (Lipinski definition) is 22. The van der Waals surface area contributed by atoms with Crippen molar-refractivity contribution >= 4 is 114 Å². The summed E-state index contributed by atoms with van der Waals surface area (Å²) < 4.78 is 62.5. The van der Waals surface area contributed by atoms with E-state index in [-0.39, 0.29) is 149 Å². The Bertz CT molecular complexity index is 7110. The number of fused-ring (bicyclic) bond motifs is 3. The summed E-state index contributed by atoms with van der Waals surface area (Å²) in [5, 5.41) is 2.20. The van der Waals surface area contributed by atoms with E-state index in [9.17, 15) is 33.0 Å². The third kappa shape index (κ3) is 21.0. The maximum absolute atomic E-state index is 15.3. The van der Waals surface area contributed by atoms with E-state index in [1.54, 1.807) is 99.8 Å². The lowest BCUT2D eigenvalue weighted by Gasteiger charge is -2.44. The number of piperidine rings is 1. The molecule has 8 aromatic heterocycles. The summed E-state index contributed by atoms with van der Waals surface area (Å²) in [7, 11) is -1.24. The number of rotatable bonds is 22. The molecule has 7 atom stereocenters. The summed E-state index contributed by atoms with van der Waals surface area (Å²) in [4.78, 5) is 147. The molecule has 0 N–H and O–H groups in total. The Hall–Kier alpha value is -12.3. The van der Waals surface area contributed by atoms with E-state index < -0.39 is 45.3 Å². The van der Waals surface area contributed by atoms with Gasteiger partial charge in [-0.15, -0.1) is 0 Å². The Morgan fingerprint density at radius 2 is 0.697 bits per heavy atom. The molecule has 142 heavy (non-hydrogen) atoms. The first-order chi connectivity index (χ1) is 67.6. The van der Waals surface area contributed by atoms with Gasteiger partial charge in [0, 0.05) is 114 Å². The number of piperazine rings is 3. The minimum Gasteiger partial charge on any atom is -0.349 e. The van der Waals surface area contributed by atoms with E-state index in [1.807, 2.05) is 111 Å². The van der Waals surface area contributed by atoms with Crippen molar-refractivity contribution in [3.8, 4) is 50.8 Å². The molecule has 6 unspecified atom stereocenters. The number of carbonyl (C=O) groups excluding carboxylic acids is 3. The van der Waals surface area contributed by atoms with E-state index in [2.05, 4.69) is 62.2 Å². The third-order valence-corrected chi connectivity index (χ3v) is 28.9. The number of anilines is 3. The van der Waals surface area contributed by atoms with Crippen LogP contribution in [0.5, 0.6) is 0 Å². The lowest BCUT2D eigenvalue weighted by molar-refractivity contribution is -0.129. The summed E-state index contributed by atoms with van der Waals surface area (Å²) in [6, 6.07) is 26.5. The fourth-order valence-electron chi connectivity index (χ4n) is 19.7. The van der Waals surface area contributed by atoms with Crippen LogP contribution in [0.1, 0.15) is 212 Å². The molecule has 13 heterocycles. The SMILES string of the molecule is C=CC(=O)N1CC(C)N(c2nc(=O)n(-c3c(C(C)C)nc(CN4CCC4)nc3C(C)C)c3nc(-c4ccccc4F)c(Cl)cc23)CC1C.C=CC(=O)N1CC(C)N(c2nc(=O)n(-c3c(C(C)C)nc(CN4CCCCC4)nc3C(C)C)c3nc(-c4ccccc4F)c(Cl)cc23)CC1C.C=CC(=O)N1CC(C)N(c2nc(=O)n(-c3c(C)cc([S@@](C)=O)cc3C(C)C)c3nc(-c4ccccc4F)c(Cl)cc23)CC1C. The average Bonchev–Trinajstić information content (AvgIpc) is 0.734. The van der Waals surface area contributed by atoms with Crippen molar-refractivity contribution in [3.63, 3.8) is 0 Å². The molecule has 12 aromatic rings. The van der Waals surface area contributed by atoms with Gasteiger partial charge in [0.05, 0.1) is 101 Å². The molecule has 35 heteroatoms. The van der Waals surface area contributed by atoms with Gasteiger partial charge < -0.3 is 29.4 Å². The molecule has 3 amide bonds. The first kappa shape index (κ1) is 104. The Kier molecular flexibility index (Phi) is 31.8. The van der Waals surface area contributed by atoms with Crippen molar-refractivity contribution in [2.24, 2.45) is 0 Å². The number of carbonyl (C=O) groups is 3. The molecule has 5 fully saturated rings. The molecule has 4 aromatic carbocycles. The minimum atomic E-state index is -1.24. The van der Waals surface area contributed by atoms with Crippen LogP contribution in [0.2, 0.25) is 15.1 Å². The van der Waals surface area contributed by atoms with Crippen LogP contribution in [0.15, 0.2) is 160 Å². The van der Waals surface area contributed by atoms with Crippen LogP contribution in [-0.2, 0) is 38.3 Å². The highest BCUT2D eigenvalue weighted by Gasteiger charge is 2.41. The van der Waals surface area contributed by atoms with Gasteiger partial charge in [-0.3, -0.25) is 28.4 Å². The molecule has 0 spiro atoms. The van der Waals surface area contributed by atoms with Crippen molar-refractivity contribution in [2.75, 3.05) is 86.4 Å². The first-order valence-electron chi connectivity index (χ1n) is 48.6. The second-order valence-corrected chi connectivity index (χ2v) is 41.8. The van der Waals surface area contributed by atoms with Gasteiger partial charge in [-0.25, -0.2) is 76.1 Å². The van der Waals surface area contributed by atoms with Gasteiger partial charge in [0.25, 0.3) is 0 Å². The average molecular weight is 2010 g/mol. The fourth-order valence-corrected chi connectivity index (χ4v) is 21.1. The van der Waals surface area contributed by atoms with E-state index >= 15 is 13.2 Å². The second kappa shape index (κ2) is 43.5. The van der Waals surface area contributed by atoms with E-state index in [1.165, 1.54) is 56.5 Å². The van der Waals surface area contributed by atoms with Crippen molar-refractivity contribution in [1.29, 1.82) is 0 Å². The molecule has 746 valence electrons. The number of nitrogens with zero attached hydrogens (tertiary/aromatic N) is 21. The molecule has 0 bridgehead atoms. The minimum absolute atomic E-state index is 0.0384. The smallest absolute Gasteiger partial charge is 0.349 e. The summed E-state index contributed by atoms with van der Waals surface area (Å²) >= 11 is 20.6. The van der Waals surface area contributed by atoms with E-state index in [0.717, 1.165) is 73.8 Å². The van der Waals surface area contributed by atoms with Gasteiger partial charge in [-0.2, -0.15) is 15.0 Å². The van der Waals surface area contributed by atoms with E-state index in [0.29, 0.717) is 125 Å². The molecule has 17 rings (SSSR count). The fraction of sp³-hybridized carbons (Fsp3) is 0.421. The van der Waals surface area contributed by atoms with Crippen molar-refractivity contribution in [3.05, 3.63) is 251 Å². The van der Waals surface area contributed by atoms with Crippen molar-refractivity contribution < 1.29 is 31.8 Å². The Morgan fingerprint density at radius 3 is 0.965 bits per heavy atom. The van der Waals surface area contributed by atoms with E-state index in [4.69, 9.17) is 79.7 Å². The summed E-state index contributed by atoms with van der Waals surface area (Å²) in [5.74, 6) is 0.405. The second-order valence-electron chi connectivity index (χ2n) is 39.2. The standard InChI is InChI=1S/C38H46ClFN8O2.C36H42ClFN8O2.C33H35ClFN5O3S/c1-8-31(49)46-19-25(7)47(20-24(46)6)36-27-18-28(39)34(26-14-10-11-15-29(26)40)43-37(27)48(38(50)44-36)35-32(22(2)3)41-30(42-33(35)23(4)5)21-45-16-12-9-13-17-45;1-8-29(47)44-17-23(7)45(18-22(44)6)34-25-16-26(37)32(24-12-9-10-13-27(24)38)41-35(25)46(36(48)42-34)33-30(20(2)3)39-28(19-43-14-11-15-43)40-31(33)21(4)5;1-8-28(41)38-16-21(6)39(17-20(38)5)31-25-15-26(34)29(23-11-9-10-12-27(23)35)36-32(25)40(33(42)37-31)30-19(4)13-22(44(7)43)14-24(30)18(2)3/h8,10-11,14-15,18,22-25H,1,9,12-13,16-17,19-21H2,2-7H3;8-10,12-13,16,20-23H,1,11,14-15,17-19H2,2-7H3;8-15,18,20-21H,1,16-17H2,2-7H3/t;;20?,21?,44-/m..1/s1. The number of aryl methyl sites for hydroxylation is 1. The maximum atomic E-state index is 15.3. The molecular weight excluding hydrogens is 1890 g/mol. The topological polar surface area (TPSA) is 289 Å². The van der Waals surface area contributed by atoms with Gasteiger partial charge in [0.1, 0.15) is 46.6 Å². The predicted molar refractivity (Wildman–Crippen MR) is 559 cm³/mol. The number of benzene rings is 4. The van der Waals surface area contributed by atoms with Gasteiger partial charge in [-0.1, -0.05) is 167 Å². The number of aromatic nitrogens is 13. The number of likely N-dealkylation sites (tertiary alicyclic amines) is 2. The highest BCUT2D eigenvalue weighted by molar-refractivity contribution is 7.84. The predicted octanol–water partition coefficient (Wildman–Crippen LogP) is 19.0. The number of halogens is 6. The summed E-state index contributed by atoms with van der Waals surface area (Å²) in [6.07, 6.45) is 10.2.